The number of hydrogen-bond acceptors (Lipinski definition) is 3. The Morgan fingerprint density at radius 1 is 0.375 bits per heavy atom. The summed E-state index contributed by atoms with van der Waals surface area (Å²) in [5.74, 6) is 9.35. The van der Waals surface area contributed by atoms with Crippen LogP contribution in [0.5, 0.6) is 0 Å². The fourth-order valence-electron chi connectivity index (χ4n) is 4.79. The molecule has 0 N–H and O–H groups in total. The second-order valence-corrected chi connectivity index (χ2v) is 10.4. The van der Waals surface area contributed by atoms with Gasteiger partial charge in [-0.15, -0.1) is 0 Å². The predicted molar refractivity (Wildman–Crippen MR) is 114 cm³/mol. The Morgan fingerprint density at radius 3 is 0.458 bits per heavy atom. The molecule has 0 aromatic heterocycles. The van der Waals surface area contributed by atoms with Crippen molar-refractivity contribution in [3.8, 4) is 0 Å². The van der Waals surface area contributed by atoms with Crippen molar-refractivity contribution in [1.82, 2.24) is 0 Å². The molecule has 0 atom stereocenters. The molecule has 2 fully saturated rings. The summed E-state index contributed by atoms with van der Waals surface area (Å²) < 4.78 is 0. The van der Waals surface area contributed by atoms with Crippen LogP contribution in [0.15, 0.2) is 0 Å². The van der Waals surface area contributed by atoms with Crippen molar-refractivity contribution >= 4 is 33.1 Å². The van der Waals surface area contributed by atoms with Crippen LogP contribution in [0.3, 0.4) is 0 Å². The molecular weight excluding hydrogens is 384 g/mol. The van der Waals surface area contributed by atoms with Gasteiger partial charge in [-0.1, -0.05) is 69.2 Å². The molecule has 2 aliphatic rings. The Labute approximate surface area is 182 Å². The van der Waals surface area contributed by atoms with Crippen molar-refractivity contribution in [2.75, 3.05) is 0 Å². The normalized spacial score (nSPS) is 47.0. The minimum Gasteiger partial charge on any atom is -0.747 e. The molecule has 0 saturated heterocycles. The van der Waals surface area contributed by atoms with Crippen LogP contribution >= 0.6 is 9.83 Å². The molecule has 140 valence electrons. The number of hydrogen-bond donors (Lipinski definition) is 0. The van der Waals surface area contributed by atoms with Crippen LogP contribution in [0.1, 0.15) is 69.2 Å². The van der Waals surface area contributed by atoms with Gasteiger partial charge in [-0.3, -0.25) is 0 Å². The Bertz CT molecular complexity index is 206. The smallest absolute Gasteiger partial charge is 0.747 e. The molecule has 0 aromatic carbocycles. The van der Waals surface area contributed by atoms with E-state index in [2.05, 4.69) is 92.6 Å². The summed E-state index contributed by atoms with van der Waals surface area (Å²) in [6.45, 7) is 24.0. The van der Waals surface area contributed by atoms with Crippen LogP contribution in [0.4, 0.5) is 0 Å². The van der Waals surface area contributed by atoms with Gasteiger partial charge in [0.15, 0.2) is 0 Å². The largest absolute Gasteiger partial charge is 4.00 e. The molecule has 0 bridgehead atoms. The molecule has 0 nitrogen and oxygen atoms in total. The molecular formula is C20H40S3Ti+2. The van der Waals surface area contributed by atoms with Crippen LogP contribution < -0.4 is 0 Å². The summed E-state index contributed by atoms with van der Waals surface area (Å²) in [6, 6.07) is 0. The van der Waals surface area contributed by atoms with Crippen LogP contribution in [0.25, 0.3) is 0 Å². The molecule has 0 amide bonds. The van der Waals surface area contributed by atoms with Crippen LogP contribution in [0.2, 0.25) is 0 Å². The van der Waals surface area contributed by atoms with E-state index in [1.165, 1.54) is 0 Å². The molecule has 4 heteroatoms. The van der Waals surface area contributed by atoms with Crippen molar-refractivity contribution in [2.45, 2.75) is 69.2 Å². The van der Waals surface area contributed by atoms with Gasteiger partial charge in [0.25, 0.3) is 0 Å². The molecule has 0 aliphatic heterocycles. The van der Waals surface area contributed by atoms with Gasteiger partial charge in [0.2, 0.25) is 0 Å². The minimum atomic E-state index is 0. The zero-order valence-electron chi connectivity index (χ0n) is 17.5. The first kappa shape index (κ1) is 28.0. The summed E-state index contributed by atoms with van der Waals surface area (Å²) in [4.78, 5) is 0. The van der Waals surface area contributed by atoms with Gasteiger partial charge in [0.05, 0.1) is 0 Å². The molecule has 0 aromatic rings. The quantitative estimate of drug-likeness (QED) is 0.233. The second-order valence-electron chi connectivity index (χ2n) is 8.66. The molecule has 2 aliphatic carbocycles. The van der Waals surface area contributed by atoms with Crippen molar-refractivity contribution < 1.29 is 21.7 Å². The van der Waals surface area contributed by atoms with E-state index >= 15 is 0 Å². The third-order valence-electron chi connectivity index (χ3n) is 8.29. The van der Waals surface area contributed by atoms with Crippen molar-refractivity contribution in [1.29, 1.82) is 0 Å². The summed E-state index contributed by atoms with van der Waals surface area (Å²) in [5, 5.41) is 0. The van der Waals surface area contributed by atoms with E-state index in [4.69, 9.17) is 0 Å². The van der Waals surface area contributed by atoms with E-state index < -0.39 is 0 Å². The van der Waals surface area contributed by atoms with E-state index in [-0.39, 0.29) is 21.7 Å². The van der Waals surface area contributed by atoms with Crippen molar-refractivity contribution in [3.05, 3.63) is 0 Å². The summed E-state index contributed by atoms with van der Waals surface area (Å²) in [7, 11) is 0.917. The van der Waals surface area contributed by atoms with Gasteiger partial charge in [0.1, 0.15) is 0 Å². The molecule has 24 heavy (non-hydrogen) atoms. The predicted octanol–water partition coefficient (Wildman–Crippen LogP) is 7.00. The van der Waals surface area contributed by atoms with Gasteiger partial charge in [-0.05, 0) is 59.2 Å². The topological polar surface area (TPSA) is 0 Å². The summed E-state index contributed by atoms with van der Waals surface area (Å²) in [5.41, 5.74) is 0. The zero-order valence-corrected chi connectivity index (χ0v) is 21.5. The average Bonchev–Trinajstić information content (AvgIpc) is 2.80. The molecule has 0 unspecified atom stereocenters. The fraction of sp³-hybridized carbons (Fsp3) is 1.00. The van der Waals surface area contributed by atoms with E-state index in [1.807, 2.05) is 0 Å². The summed E-state index contributed by atoms with van der Waals surface area (Å²) >= 11 is 8.25. The monoisotopic (exact) mass is 424 g/mol. The standard InChI is InChI=1S/2C10H20.H2S3.Ti/c2*1-6-7(2)9(4)10(5)8(6)3;1-3-2;/h2*6-10H,1-5H3;1-2H;/q;;;+4/p-2. The maximum absolute atomic E-state index is 4.12. The Balaban J connectivity index is 0. The average molecular weight is 425 g/mol. The molecule has 0 heterocycles. The van der Waals surface area contributed by atoms with Gasteiger partial charge < -0.3 is 33.1 Å². The summed E-state index contributed by atoms with van der Waals surface area (Å²) in [6.07, 6.45) is 0. The minimum absolute atomic E-state index is 0. The van der Waals surface area contributed by atoms with E-state index in [0.717, 1.165) is 69.0 Å². The number of rotatable bonds is 0. The zero-order chi connectivity index (χ0) is 18.5. The third kappa shape index (κ3) is 7.06. The van der Waals surface area contributed by atoms with Gasteiger partial charge in [-0.2, -0.15) is 0 Å². The first-order valence-electron chi connectivity index (χ1n) is 9.44. The van der Waals surface area contributed by atoms with Gasteiger partial charge in [-0.25, -0.2) is 0 Å². The van der Waals surface area contributed by atoms with Crippen molar-refractivity contribution in [2.24, 2.45) is 59.2 Å². The maximum atomic E-state index is 4.12. The molecule has 2 rings (SSSR count). The van der Waals surface area contributed by atoms with E-state index in [9.17, 15) is 0 Å². The fourth-order valence-corrected chi connectivity index (χ4v) is 4.79. The third-order valence-corrected chi connectivity index (χ3v) is 8.29. The Hall–Kier alpha value is 1.76. The van der Waals surface area contributed by atoms with E-state index in [1.54, 1.807) is 0 Å². The van der Waals surface area contributed by atoms with E-state index in [0.29, 0.717) is 0 Å². The Kier molecular flexibility index (Phi) is 15.2. The molecule has 0 spiro atoms. The second kappa shape index (κ2) is 13.0. The van der Waals surface area contributed by atoms with Crippen LogP contribution in [-0.2, 0) is 45.0 Å². The maximum Gasteiger partial charge on any atom is 4.00 e. The van der Waals surface area contributed by atoms with Crippen molar-refractivity contribution in [3.63, 3.8) is 0 Å². The van der Waals surface area contributed by atoms with Crippen LogP contribution in [-0.4, -0.2) is 0 Å². The molecule has 0 radical (unpaired) electrons. The van der Waals surface area contributed by atoms with Gasteiger partial charge >= 0.3 is 21.7 Å². The first-order chi connectivity index (χ1) is 10.5. The Morgan fingerprint density at radius 2 is 0.417 bits per heavy atom. The van der Waals surface area contributed by atoms with Crippen LogP contribution in [0, 0.1) is 59.2 Å². The molecule has 2 saturated carbocycles. The SMILES string of the molecule is CC1C(C)C(C)C(C)C1C.CC1C(C)C(C)C(C)C1C.[S-]S[S-].[Ti+4]. The first-order valence-corrected chi connectivity index (χ1v) is 12.1. The van der Waals surface area contributed by atoms with Gasteiger partial charge in [0, 0.05) is 0 Å².